The Morgan fingerprint density at radius 3 is 2.67 bits per heavy atom. The number of oxazole rings is 1. The van der Waals surface area contributed by atoms with Crippen LogP contribution in [0.4, 0.5) is 4.39 Å². The maximum Gasteiger partial charge on any atom is 0.198 e. The molecule has 1 heterocycles. The highest BCUT2D eigenvalue weighted by Crippen LogP contribution is 2.27. The van der Waals surface area contributed by atoms with Gasteiger partial charge in [0, 0.05) is 30.1 Å². The molecule has 4 nitrogen and oxygen atoms in total. The summed E-state index contributed by atoms with van der Waals surface area (Å²) in [7, 11) is 0. The Morgan fingerprint density at radius 1 is 1.43 bits per heavy atom. The molecule has 0 aliphatic carbocycles. The Kier molecular flexibility index (Phi) is 4.35. The summed E-state index contributed by atoms with van der Waals surface area (Å²) in [5.74, 6) is 0.503. The minimum Gasteiger partial charge on any atom is -0.440 e. The number of benzene rings is 1. The second-order valence-corrected chi connectivity index (χ2v) is 6.45. The second kappa shape index (κ2) is 5.73. The SMILES string of the molecule is Cc1c(F)c(CNCC(C)(C)O)cc2nc(C(C)C)oc12. The largest absolute Gasteiger partial charge is 0.440 e. The molecule has 0 aliphatic heterocycles. The number of fused-ring (bicyclic) bond motifs is 1. The van der Waals surface area contributed by atoms with Crippen LogP contribution in [0.25, 0.3) is 11.1 Å². The molecule has 2 rings (SSSR count). The highest BCUT2D eigenvalue weighted by molar-refractivity contribution is 5.77. The van der Waals surface area contributed by atoms with E-state index in [2.05, 4.69) is 10.3 Å². The Morgan fingerprint density at radius 2 is 2.10 bits per heavy atom. The molecule has 0 amide bonds. The van der Waals surface area contributed by atoms with E-state index in [-0.39, 0.29) is 11.7 Å². The molecule has 0 aliphatic rings. The first-order valence-electron chi connectivity index (χ1n) is 7.20. The van der Waals surface area contributed by atoms with Crippen molar-refractivity contribution in [1.29, 1.82) is 0 Å². The van der Waals surface area contributed by atoms with E-state index in [1.54, 1.807) is 26.8 Å². The van der Waals surface area contributed by atoms with Crippen LogP contribution in [-0.4, -0.2) is 22.2 Å². The number of hydrogen-bond donors (Lipinski definition) is 2. The molecule has 0 bridgehead atoms. The molecular weight excluding hydrogens is 271 g/mol. The van der Waals surface area contributed by atoms with Crippen LogP contribution < -0.4 is 5.32 Å². The zero-order valence-corrected chi connectivity index (χ0v) is 13.2. The normalized spacial score (nSPS) is 12.6. The lowest BCUT2D eigenvalue weighted by atomic mass is 10.1. The highest BCUT2D eigenvalue weighted by Gasteiger charge is 2.18. The van der Waals surface area contributed by atoms with Gasteiger partial charge in [-0.1, -0.05) is 13.8 Å². The highest BCUT2D eigenvalue weighted by atomic mass is 19.1. The molecule has 1 aromatic carbocycles. The van der Waals surface area contributed by atoms with E-state index in [1.807, 2.05) is 13.8 Å². The fourth-order valence-electron chi connectivity index (χ4n) is 2.16. The van der Waals surface area contributed by atoms with Crippen molar-refractivity contribution in [3.63, 3.8) is 0 Å². The van der Waals surface area contributed by atoms with Crippen LogP contribution in [0.3, 0.4) is 0 Å². The first kappa shape index (κ1) is 15.9. The summed E-state index contributed by atoms with van der Waals surface area (Å²) in [6, 6.07) is 1.71. The van der Waals surface area contributed by atoms with Gasteiger partial charge in [0.2, 0.25) is 0 Å². The van der Waals surface area contributed by atoms with E-state index < -0.39 is 5.60 Å². The maximum atomic E-state index is 14.4. The minimum absolute atomic E-state index is 0.164. The summed E-state index contributed by atoms with van der Waals surface area (Å²) >= 11 is 0. The molecule has 116 valence electrons. The molecule has 0 unspecified atom stereocenters. The van der Waals surface area contributed by atoms with E-state index in [1.165, 1.54) is 0 Å². The summed E-state index contributed by atoms with van der Waals surface area (Å²) in [6.07, 6.45) is 0. The van der Waals surface area contributed by atoms with Crippen molar-refractivity contribution in [1.82, 2.24) is 10.3 Å². The fourth-order valence-corrected chi connectivity index (χ4v) is 2.16. The number of aryl methyl sites for hydroxylation is 1. The quantitative estimate of drug-likeness (QED) is 0.888. The number of halogens is 1. The molecule has 0 saturated heterocycles. The van der Waals surface area contributed by atoms with Crippen molar-refractivity contribution in [3.05, 3.63) is 28.9 Å². The average Bonchev–Trinajstić information content (AvgIpc) is 2.78. The van der Waals surface area contributed by atoms with Crippen molar-refractivity contribution >= 4 is 11.1 Å². The fraction of sp³-hybridized carbons (Fsp3) is 0.562. The van der Waals surface area contributed by atoms with Crippen LogP contribution in [0.5, 0.6) is 0 Å². The Hall–Kier alpha value is -1.46. The number of nitrogens with zero attached hydrogens (tertiary/aromatic N) is 1. The molecule has 2 N–H and O–H groups in total. The van der Waals surface area contributed by atoms with Crippen LogP contribution in [0.15, 0.2) is 10.5 Å². The molecule has 1 aromatic heterocycles. The van der Waals surface area contributed by atoms with Crippen LogP contribution >= 0.6 is 0 Å². The predicted octanol–water partition coefficient (Wildman–Crippen LogP) is 3.26. The predicted molar refractivity (Wildman–Crippen MR) is 80.8 cm³/mol. The number of rotatable bonds is 5. The van der Waals surface area contributed by atoms with Crippen LogP contribution in [0.2, 0.25) is 0 Å². The minimum atomic E-state index is -0.825. The zero-order valence-electron chi connectivity index (χ0n) is 13.2. The topological polar surface area (TPSA) is 58.3 Å². The van der Waals surface area contributed by atoms with Crippen molar-refractivity contribution < 1.29 is 13.9 Å². The summed E-state index contributed by atoms with van der Waals surface area (Å²) in [5.41, 5.74) is 1.38. The van der Waals surface area contributed by atoms with Crippen LogP contribution in [0, 0.1) is 12.7 Å². The maximum absolute atomic E-state index is 14.4. The molecule has 5 heteroatoms. The zero-order chi connectivity index (χ0) is 15.8. The lowest BCUT2D eigenvalue weighted by Gasteiger charge is -2.18. The monoisotopic (exact) mass is 294 g/mol. The molecule has 0 atom stereocenters. The van der Waals surface area contributed by atoms with E-state index >= 15 is 0 Å². The summed E-state index contributed by atoms with van der Waals surface area (Å²) in [4.78, 5) is 4.42. The first-order chi connectivity index (χ1) is 9.69. The Bertz CT molecular complexity index is 642. The lowest BCUT2D eigenvalue weighted by molar-refractivity contribution is 0.0794. The van der Waals surface area contributed by atoms with Crippen molar-refractivity contribution in [2.45, 2.75) is 52.7 Å². The van der Waals surface area contributed by atoms with Gasteiger partial charge in [-0.2, -0.15) is 0 Å². The molecule has 0 fully saturated rings. The number of aliphatic hydroxyl groups is 1. The summed E-state index contributed by atoms with van der Waals surface area (Å²) in [5, 5.41) is 12.7. The Labute approximate surface area is 124 Å². The smallest absolute Gasteiger partial charge is 0.198 e. The van der Waals surface area contributed by atoms with E-state index in [0.717, 1.165) is 0 Å². The van der Waals surface area contributed by atoms with E-state index in [4.69, 9.17) is 4.42 Å². The third-order valence-corrected chi connectivity index (χ3v) is 3.30. The van der Waals surface area contributed by atoms with Crippen LogP contribution in [-0.2, 0) is 6.54 Å². The van der Waals surface area contributed by atoms with Gasteiger partial charge >= 0.3 is 0 Å². The summed E-state index contributed by atoms with van der Waals surface area (Å²) < 4.78 is 20.0. The van der Waals surface area contributed by atoms with E-state index in [9.17, 15) is 9.50 Å². The molecule has 21 heavy (non-hydrogen) atoms. The van der Waals surface area contributed by atoms with Gasteiger partial charge in [0.15, 0.2) is 11.5 Å². The van der Waals surface area contributed by atoms with Crippen molar-refractivity contribution in [3.8, 4) is 0 Å². The van der Waals surface area contributed by atoms with Gasteiger partial charge in [0.05, 0.1) is 5.60 Å². The Balaban J connectivity index is 2.30. The molecule has 0 radical (unpaired) electrons. The molecule has 0 saturated carbocycles. The third-order valence-electron chi connectivity index (χ3n) is 3.30. The van der Waals surface area contributed by atoms with Gasteiger partial charge in [0.1, 0.15) is 11.3 Å². The summed E-state index contributed by atoms with van der Waals surface area (Å²) in [6.45, 7) is 9.82. The van der Waals surface area contributed by atoms with Gasteiger partial charge in [-0.15, -0.1) is 0 Å². The molecule has 2 aromatic rings. The first-order valence-corrected chi connectivity index (χ1v) is 7.20. The number of hydrogen-bond acceptors (Lipinski definition) is 4. The van der Waals surface area contributed by atoms with Gasteiger partial charge < -0.3 is 14.8 Å². The molecular formula is C16H23FN2O2. The standard InChI is InChI=1S/C16H23FN2O2/c1-9(2)15-19-12-6-11(7-18-8-16(4,5)20)13(17)10(3)14(12)21-15/h6,9,18,20H,7-8H2,1-5H3. The third kappa shape index (κ3) is 3.60. The van der Waals surface area contributed by atoms with Crippen molar-refractivity contribution in [2.24, 2.45) is 0 Å². The second-order valence-electron chi connectivity index (χ2n) is 6.45. The van der Waals surface area contributed by atoms with Crippen LogP contribution in [0.1, 0.15) is 50.6 Å². The van der Waals surface area contributed by atoms with E-state index in [0.29, 0.717) is 41.2 Å². The number of aromatic nitrogens is 1. The number of nitrogens with one attached hydrogen (secondary N) is 1. The van der Waals surface area contributed by atoms with Crippen molar-refractivity contribution in [2.75, 3.05) is 6.54 Å². The van der Waals surface area contributed by atoms with Gasteiger partial charge in [-0.3, -0.25) is 0 Å². The van der Waals surface area contributed by atoms with Gasteiger partial charge in [-0.25, -0.2) is 9.37 Å². The van der Waals surface area contributed by atoms with Gasteiger partial charge in [-0.05, 0) is 26.8 Å². The lowest BCUT2D eigenvalue weighted by Crippen LogP contribution is -2.34. The molecule has 0 spiro atoms. The average molecular weight is 294 g/mol. The van der Waals surface area contributed by atoms with Gasteiger partial charge in [0.25, 0.3) is 0 Å².